The lowest BCUT2D eigenvalue weighted by atomic mass is 9.78. The van der Waals surface area contributed by atoms with E-state index in [2.05, 4.69) is 15.9 Å². The Bertz CT molecular complexity index is 462. The van der Waals surface area contributed by atoms with E-state index in [1.54, 1.807) is 6.07 Å². The van der Waals surface area contributed by atoms with Gasteiger partial charge in [0.25, 0.3) is 0 Å². The number of carboxylic acid groups (broad SMARTS) is 1. The van der Waals surface area contributed by atoms with Crippen LogP contribution in [0.2, 0.25) is 0 Å². The highest BCUT2D eigenvalue weighted by atomic mass is 79.9. The molecule has 0 unspecified atom stereocenters. The van der Waals surface area contributed by atoms with Crippen LogP contribution in [0.3, 0.4) is 0 Å². The lowest BCUT2D eigenvalue weighted by molar-refractivity contribution is -0.143. The van der Waals surface area contributed by atoms with Crippen molar-refractivity contribution < 1.29 is 15.0 Å². The lowest BCUT2D eigenvalue weighted by Gasteiger charge is -2.26. The molecule has 0 saturated heterocycles. The fourth-order valence-corrected chi connectivity index (χ4v) is 2.97. The molecule has 1 aliphatic rings. The smallest absolute Gasteiger partial charge is 0.314 e. The van der Waals surface area contributed by atoms with E-state index in [4.69, 9.17) is 0 Å². The number of rotatable bonds is 2. The topological polar surface area (TPSA) is 57.5 Å². The van der Waals surface area contributed by atoms with Gasteiger partial charge in [-0.05, 0) is 41.3 Å². The van der Waals surface area contributed by atoms with Crippen LogP contribution in [0.4, 0.5) is 0 Å². The standard InChI is InChI=1S/C13H15BrO3/c1-8-4-5-9(11(15)10(8)14)13(12(16)17)6-2-3-7-13/h4-5,15H,2-3,6-7H2,1H3,(H,16,17). The number of benzene rings is 1. The first-order valence-corrected chi connectivity index (χ1v) is 6.50. The molecule has 1 aromatic carbocycles. The molecular formula is C13H15BrO3. The minimum absolute atomic E-state index is 0.0781. The predicted octanol–water partition coefficient (Wildman–Crippen LogP) is 3.36. The molecule has 1 fully saturated rings. The molecule has 1 aromatic rings. The Hall–Kier alpha value is -1.03. The molecule has 3 nitrogen and oxygen atoms in total. The van der Waals surface area contributed by atoms with Crippen LogP contribution in [0.15, 0.2) is 16.6 Å². The summed E-state index contributed by atoms with van der Waals surface area (Å²) in [5, 5.41) is 19.6. The fourth-order valence-electron chi connectivity index (χ4n) is 2.63. The van der Waals surface area contributed by atoms with Crippen LogP contribution in [-0.4, -0.2) is 16.2 Å². The van der Waals surface area contributed by atoms with E-state index in [0.29, 0.717) is 22.9 Å². The van der Waals surface area contributed by atoms with Crippen LogP contribution in [0.25, 0.3) is 0 Å². The monoisotopic (exact) mass is 298 g/mol. The second-order valence-corrected chi connectivity index (χ2v) is 5.48. The summed E-state index contributed by atoms with van der Waals surface area (Å²) in [5.41, 5.74) is 0.546. The maximum absolute atomic E-state index is 11.5. The van der Waals surface area contributed by atoms with Crippen molar-refractivity contribution in [1.82, 2.24) is 0 Å². The van der Waals surface area contributed by atoms with E-state index in [1.807, 2.05) is 13.0 Å². The summed E-state index contributed by atoms with van der Waals surface area (Å²) in [6.07, 6.45) is 3.01. The lowest BCUT2D eigenvalue weighted by Crippen LogP contribution is -2.32. The third-order valence-electron chi connectivity index (χ3n) is 3.69. The fraction of sp³-hybridized carbons (Fsp3) is 0.462. The van der Waals surface area contributed by atoms with Crippen molar-refractivity contribution in [3.05, 3.63) is 27.7 Å². The molecule has 2 rings (SSSR count). The Morgan fingerprint density at radius 3 is 2.47 bits per heavy atom. The number of halogens is 1. The summed E-state index contributed by atoms with van der Waals surface area (Å²) in [6, 6.07) is 3.59. The maximum Gasteiger partial charge on any atom is 0.314 e. The van der Waals surface area contributed by atoms with Crippen molar-refractivity contribution in [3.8, 4) is 5.75 Å². The summed E-state index contributed by atoms with van der Waals surface area (Å²) in [5.74, 6) is -0.754. The molecule has 2 N–H and O–H groups in total. The van der Waals surface area contributed by atoms with Crippen LogP contribution in [0.1, 0.15) is 36.8 Å². The summed E-state index contributed by atoms with van der Waals surface area (Å²) in [6.45, 7) is 1.87. The van der Waals surface area contributed by atoms with Gasteiger partial charge in [-0.1, -0.05) is 25.0 Å². The molecule has 0 amide bonds. The van der Waals surface area contributed by atoms with Crippen LogP contribution >= 0.6 is 15.9 Å². The van der Waals surface area contributed by atoms with Crippen LogP contribution in [-0.2, 0) is 10.2 Å². The third-order valence-corrected chi connectivity index (χ3v) is 4.69. The number of carboxylic acids is 1. The highest BCUT2D eigenvalue weighted by molar-refractivity contribution is 9.10. The minimum atomic E-state index is -0.902. The summed E-state index contributed by atoms with van der Waals surface area (Å²) < 4.78 is 0.600. The highest BCUT2D eigenvalue weighted by Gasteiger charge is 2.44. The van der Waals surface area contributed by atoms with Gasteiger partial charge in [-0.3, -0.25) is 4.79 Å². The minimum Gasteiger partial charge on any atom is -0.506 e. The van der Waals surface area contributed by atoms with Crippen molar-refractivity contribution in [3.63, 3.8) is 0 Å². The maximum atomic E-state index is 11.5. The number of carbonyl (C=O) groups is 1. The van der Waals surface area contributed by atoms with Gasteiger partial charge in [0.1, 0.15) is 5.75 Å². The molecule has 17 heavy (non-hydrogen) atoms. The third kappa shape index (κ3) is 1.84. The van der Waals surface area contributed by atoms with Crippen LogP contribution < -0.4 is 0 Å². The van der Waals surface area contributed by atoms with Gasteiger partial charge in [0, 0.05) is 5.56 Å². The van der Waals surface area contributed by atoms with Gasteiger partial charge in [0.2, 0.25) is 0 Å². The summed E-state index contributed by atoms with van der Waals surface area (Å²) >= 11 is 3.31. The van der Waals surface area contributed by atoms with Gasteiger partial charge in [-0.15, -0.1) is 0 Å². The van der Waals surface area contributed by atoms with Gasteiger partial charge in [-0.25, -0.2) is 0 Å². The first-order chi connectivity index (χ1) is 7.99. The number of hydrogen-bond donors (Lipinski definition) is 2. The Morgan fingerprint density at radius 1 is 1.35 bits per heavy atom. The number of aliphatic carboxylic acids is 1. The Morgan fingerprint density at radius 2 is 1.94 bits per heavy atom. The zero-order valence-corrected chi connectivity index (χ0v) is 11.2. The number of aromatic hydroxyl groups is 1. The summed E-state index contributed by atoms with van der Waals surface area (Å²) in [7, 11) is 0. The average molecular weight is 299 g/mol. The Balaban J connectivity index is 2.59. The Labute approximate surface area is 109 Å². The van der Waals surface area contributed by atoms with Gasteiger partial charge in [0.05, 0.1) is 9.89 Å². The number of phenols is 1. The molecule has 0 aromatic heterocycles. The highest BCUT2D eigenvalue weighted by Crippen LogP contribution is 2.47. The van der Waals surface area contributed by atoms with E-state index in [1.165, 1.54) is 0 Å². The predicted molar refractivity (Wildman–Crippen MR) is 68.3 cm³/mol. The molecule has 0 spiro atoms. The quantitative estimate of drug-likeness (QED) is 0.880. The molecule has 1 aliphatic carbocycles. The van der Waals surface area contributed by atoms with Crippen LogP contribution in [0, 0.1) is 6.92 Å². The van der Waals surface area contributed by atoms with E-state index in [-0.39, 0.29) is 5.75 Å². The molecule has 0 heterocycles. The first kappa shape index (κ1) is 12.4. The van der Waals surface area contributed by atoms with Crippen molar-refractivity contribution in [1.29, 1.82) is 0 Å². The molecule has 0 bridgehead atoms. The molecular weight excluding hydrogens is 284 g/mol. The van der Waals surface area contributed by atoms with Gasteiger partial charge < -0.3 is 10.2 Å². The molecule has 1 saturated carbocycles. The number of hydrogen-bond acceptors (Lipinski definition) is 2. The molecule has 4 heteroatoms. The van der Waals surface area contributed by atoms with Crippen LogP contribution in [0.5, 0.6) is 5.75 Å². The second-order valence-electron chi connectivity index (χ2n) is 4.69. The van der Waals surface area contributed by atoms with Crippen molar-refractivity contribution in [2.45, 2.75) is 38.0 Å². The second kappa shape index (κ2) is 4.33. The first-order valence-electron chi connectivity index (χ1n) is 5.71. The van der Waals surface area contributed by atoms with Crippen molar-refractivity contribution in [2.24, 2.45) is 0 Å². The number of aryl methyl sites for hydroxylation is 1. The molecule has 0 radical (unpaired) electrons. The van der Waals surface area contributed by atoms with Gasteiger partial charge in [-0.2, -0.15) is 0 Å². The van der Waals surface area contributed by atoms with E-state index in [9.17, 15) is 15.0 Å². The average Bonchev–Trinajstić information content (AvgIpc) is 2.76. The zero-order valence-electron chi connectivity index (χ0n) is 9.66. The van der Waals surface area contributed by atoms with Crippen molar-refractivity contribution >= 4 is 21.9 Å². The zero-order chi connectivity index (χ0) is 12.6. The molecule has 92 valence electrons. The number of phenolic OH excluding ortho intramolecular Hbond substituents is 1. The van der Waals surface area contributed by atoms with Gasteiger partial charge >= 0.3 is 5.97 Å². The van der Waals surface area contributed by atoms with E-state index < -0.39 is 11.4 Å². The van der Waals surface area contributed by atoms with E-state index in [0.717, 1.165) is 18.4 Å². The Kier molecular flexibility index (Phi) is 3.17. The van der Waals surface area contributed by atoms with E-state index >= 15 is 0 Å². The molecule has 0 aliphatic heterocycles. The van der Waals surface area contributed by atoms with Gasteiger partial charge in [0.15, 0.2) is 0 Å². The summed E-state index contributed by atoms with van der Waals surface area (Å²) in [4.78, 5) is 11.5. The normalized spacial score (nSPS) is 18.2. The SMILES string of the molecule is Cc1ccc(C2(C(=O)O)CCCC2)c(O)c1Br. The largest absolute Gasteiger partial charge is 0.506 e. The van der Waals surface area contributed by atoms with Crippen molar-refractivity contribution in [2.75, 3.05) is 0 Å². The molecule has 0 atom stereocenters.